The molecule has 0 aliphatic heterocycles. The number of nitrogens with one attached hydrogen (secondary N) is 1. The third-order valence-corrected chi connectivity index (χ3v) is 1.61. The maximum Gasteiger partial charge on any atom is 0.243 e. The van der Waals surface area contributed by atoms with E-state index >= 15 is 0 Å². The zero-order valence-electron chi connectivity index (χ0n) is 5.83. The molecule has 4 nitrogen and oxygen atoms in total. The average Bonchev–Trinajstić information content (AvgIpc) is 2.50. The van der Waals surface area contributed by atoms with Gasteiger partial charge in [0.25, 0.3) is 0 Å². The Morgan fingerprint density at radius 1 is 1.58 bits per heavy atom. The number of aromatic nitrogens is 3. The molecule has 0 radical (unpaired) electrons. The molecule has 0 spiro atoms. The summed E-state index contributed by atoms with van der Waals surface area (Å²) in [4.78, 5) is 3.64. The van der Waals surface area contributed by atoms with E-state index in [0.717, 1.165) is 0 Å². The summed E-state index contributed by atoms with van der Waals surface area (Å²) in [6, 6.07) is 3.40. The van der Waals surface area contributed by atoms with Crippen LogP contribution in [0.3, 0.4) is 0 Å². The number of halogens is 2. The van der Waals surface area contributed by atoms with Gasteiger partial charge in [-0.15, -0.1) is 9.58 Å². The first-order chi connectivity index (χ1) is 5.81. The minimum atomic E-state index is -0.00106. The van der Waals surface area contributed by atoms with E-state index in [2.05, 4.69) is 10.1 Å². The van der Waals surface area contributed by atoms with Crippen LogP contribution < -0.4 is 5.54 Å². The summed E-state index contributed by atoms with van der Waals surface area (Å²) in [5, 5.41) is 3.81. The fourth-order valence-electron chi connectivity index (χ4n) is 0.977. The van der Waals surface area contributed by atoms with Gasteiger partial charge in [0.05, 0.1) is 0 Å². The number of anilines is 1. The van der Waals surface area contributed by atoms with Crippen molar-refractivity contribution in [3.8, 4) is 0 Å². The Morgan fingerprint density at radius 3 is 3.17 bits per heavy atom. The second-order valence-electron chi connectivity index (χ2n) is 2.16. The second-order valence-corrected chi connectivity index (χ2v) is 2.50. The van der Waals surface area contributed by atoms with Gasteiger partial charge in [0.1, 0.15) is 5.52 Å². The Morgan fingerprint density at radius 2 is 2.42 bits per heavy atom. The van der Waals surface area contributed by atoms with Gasteiger partial charge >= 0.3 is 0 Å². The predicted molar refractivity (Wildman–Crippen MR) is 42.7 cm³/mol. The molecule has 0 aliphatic rings. The van der Waals surface area contributed by atoms with E-state index in [1.165, 1.54) is 10.1 Å². The molecule has 12 heavy (non-hydrogen) atoms. The van der Waals surface area contributed by atoms with Gasteiger partial charge in [0.2, 0.25) is 5.28 Å². The van der Waals surface area contributed by atoms with Crippen LogP contribution in [-0.4, -0.2) is 14.6 Å². The fraction of sp³-hybridized carbons (Fsp3) is 0. The van der Waals surface area contributed by atoms with Gasteiger partial charge in [0.15, 0.2) is 5.82 Å². The van der Waals surface area contributed by atoms with Crippen molar-refractivity contribution >= 4 is 22.9 Å². The Labute approximate surface area is 71.9 Å². The van der Waals surface area contributed by atoms with Crippen molar-refractivity contribution in [2.24, 2.45) is 0 Å². The molecule has 2 aromatic rings. The summed E-state index contributed by atoms with van der Waals surface area (Å²) in [5.74, 6) is 0.0694. The topological polar surface area (TPSA) is 42.2 Å². The number of rotatable bonds is 1. The number of hydrogen-bond acceptors (Lipinski definition) is 3. The molecule has 0 aromatic carbocycles. The number of fused-ring (bicyclic) bond motifs is 1. The molecular weight excluding hydrogens is 183 g/mol. The molecule has 0 fully saturated rings. The number of nitrogens with zero attached hydrogens (tertiary/aromatic N) is 3. The molecule has 62 valence electrons. The predicted octanol–water partition coefficient (Wildman–Crippen LogP) is 1.68. The molecule has 0 unspecified atom stereocenters. The lowest BCUT2D eigenvalue weighted by Gasteiger charge is -1.99. The van der Waals surface area contributed by atoms with E-state index < -0.39 is 0 Å². The normalized spacial score (nSPS) is 10.5. The van der Waals surface area contributed by atoms with E-state index in [9.17, 15) is 4.48 Å². The third-order valence-electron chi connectivity index (χ3n) is 1.45. The Bertz CT molecular complexity index is 413. The molecular formula is C6H4ClFN4. The van der Waals surface area contributed by atoms with Crippen LogP contribution >= 0.6 is 11.6 Å². The first-order valence-electron chi connectivity index (χ1n) is 3.19. The van der Waals surface area contributed by atoms with Crippen molar-refractivity contribution in [2.45, 2.75) is 0 Å². The molecule has 0 atom stereocenters. The van der Waals surface area contributed by atoms with E-state index in [1.54, 1.807) is 18.3 Å². The van der Waals surface area contributed by atoms with Crippen molar-refractivity contribution in [2.75, 3.05) is 5.54 Å². The highest BCUT2D eigenvalue weighted by atomic mass is 35.5. The zero-order valence-corrected chi connectivity index (χ0v) is 6.59. The van der Waals surface area contributed by atoms with Crippen LogP contribution in [0.4, 0.5) is 10.3 Å². The molecule has 0 aliphatic carbocycles. The number of hydrogen-bond donors (Lipinski definition) is 1. The van der Waals surface area contributed by atoms with E-state index in [0.29, 0.717) is 5.52 Å². The van der Waals surface area contributed by atoms with Crippen LogP contribution in [-0.2, 0) is 0 Å². The second kappa shape index (κ2) is 2.60. The highest BCUT2D eigenvalue weighted by Crippen LogP contribution is 2.15. The highest BCUT2D eigenvalue weighted by molar-refractivity contribution is 6.28. The van der Waals surface area contributed by atoms with Gasteiger partial charge < -0.3 is 0 Å². The molecule has 2 aromatic heterocycles. The molecule has 0 saturated carbocycles. The average molecular weight is 187 g/mol. The Kier molecular flexibility index (Phi) is 1.58. The van der Waals surface area contributed by atoms with Crippen LogP contribution in [0.1, 0.15) is 0 Å². The summed E-state index contributed by atoms with van der Waals surface area (Å²) in [6.45, 7) is 0. The Hall–Kier alpha value is -1.36. The van der Waals surface area contributed by atoms with Gasteiger partial charge in [-0.2, -0.15) is 4.98 Å². The van der Waals surface area contributed by atoms with Crippen molar-refractivity contribution in [1.29, 1.82) is 0 Å². The largest absolute Gasteiger partial charge is 0.243 e. The SMILES string of the molecule is FNc1nc(Cl)nn2cccc12. The molecule has 0 amide bonds. The van der Waals surface area contributed by atoms with Gasteiger partial charge in [-0.3, -0.25) is 0 Å². The quantitative estimate of drug-likeness (QED) is 0.689. The van der Waals surface area contributed by atoms with E-state index in [4.69, 9.17) is 11.6 Å². The van der Waals surface area contributed by atoms with E-state index in [1.807, 2.05) is 0 Å². The summed E-state index contributed by atoms with van der Waals surface area (Å²) in [7, 11) is 0. The summed E-state index contributed by atoms with van der Waals surface area (Å²) in [6.07, 6.45) is 1.66. The maximum absolute atomic E-state index is 12.1. The fourth-order valence-corrected chi connectivity index (χ4v) is 1.14. The highest BCUT2D eigenvalue weighted by Gasteiger charge is 2.04. The molecule has 2 heterocycles. The summed E-state index contributed by atoms with van der Waals surface area (Å²) < 4.78 is 13.5. The lowest BCUT2D eigenvalue weighted by atomic mass is 10.5. The molecule has 2 rings (SSSR count). The monoisotopic (exact) mass is 186 g/mol. The summed E-state index contributed by atoms with van der Waals surface area (Å²) >= 11 is 5.51. The van der Waals surface area contributed by atoms with Gasteiger partial charge in [-0.05, 0) is 23.7 Å². The standard InChI is InChI=1S/C6H4ClFN4/c7-6-9-5(10-8)4-2-1-3-12(4)11-6/h1-3H,(H,9,10,11). The first-order valence-corrected chi connectivity index (χ1v) is 3.56. The molecule has 1 N–H and O–H groups in total. The van der Waals surface area contributed by atoms with Crippen molar-refractivity contribution < 1.29 is 4.48 Å². The zero-order chi connectivity index (χ0) is 8.55. The van der Waals surface area contributed by atoms with Crippen LogP contribution in [0.25, 0.3) is 5.52 Å². The van der Waals surface area contributed by atoms with Crippen molar-refractivity contribution in [1.82, 2.24) is 14.6 Å². The van der Waals surface area contributed by atoms with Gasteiger partial charge in [-0.25, -0.2) is 10.1 Å². The van der Waals surface area contributed by atoms with Crippen LogP contribution in [0, 0.1) is 0 Å². The summed E-state index contributed by atoms with van der Waals surface area (Å²) in [5.41, 5.74) is 1.98. The lowest BCUT2D eigenvalue weighted by Crippen LogP contribution is -1.97. The first kappa shape index (κ1) is 7.30. The molecule has 6 heteroatoms. The van der Waals surface area contributed by atoms with Crippen molar-refractivity contribution in [3.05, 3.63) is 23.6 Å². The van der Waals surface area contributed by atoms with Gasteiger partial charge in [-0.1, -0.05) is 0 Å². The maximum atomic E-state index is 12.1. The lowest BCUT2D eigenvalue weighted by molar-refractivity contribution is 0.611. The smallest absolute Gasteiger partial charge is 0.234 e. The van der Waals surface area contributed by atoms with Crippen LogP contribution in [0.15, 0.2) is 18.3 Å². The van der Waals surface area contributed by atoms with Crippen LogP contribution in [0.2, 0.25) is 5.28 Å². The Balaban J connectivity index is 2.80. The molecule has 0 bridgehead atoms. The van der Waals surface area contributed by atoms with Crippen molar-refractivity contribution in [3.63, 3.8) is 0 Å². The minimum Gasteiger partial charge on any atom is -0.234 e. The minimum absolute atomic E-state index is 0.00106. The van der Waals surface area contributed by atoms with E-state index in [-0.39, 0.29) is 11.1 Å². The van der Waals surface area contributed by atoms with Crippen LogP contribution in [0.5, 0.6) is 0 Å². The third kappa shape index (κ3) is 0.984. The van der Waals surface area contributed by atoms with Gasteiger partial charge in [0, 0.05) is 6.20 Å². The molecule has 0 saturated heterocycles.